The van der Waals surface area contributed by atoms with Crippen LogP contribution in [0.5, 0.6) is 0 Å². The van der Waals surface area contributed by atoms with E-state index in [9.17, 15) is 8.42 Å². The summed E-state index contributed by atoms with van der Waals surface area (Å²) in [6.45, 7) is 2.09. The Bertz CT molecular complexity index is 637. The standard InChI is InChI=1S/C13H18N4O2S/c1-2-3-4-8-11-20(18,19)13-14-15-16-17(13)12-9-6-5-7-10-12/h5-7,9-10H,2-4,8,11H2,1H3. The van der Waals surface area contributed by atoms with Gasteiger partial charge in [-0.15, -0.1) is 0 Å². The summed E-state index contributed by atoms with van der Waals surface area (Å²) in [6.07, 6.45) is 3.65. The van der Waals surface area contributed by atoms with E-state index in [4.69, 9.17) is 0 Å². The number of hydrogen-bond donors (Lipinski definition) is 0. The second-order valence-electron chi connectivity index (χ2n) is 4.59. The Hall–Kier alpha value is -1.76. The molecular weight excluding hydrogens is 276 g/mol. The largest absolute Gasteiger partial charge is 0.272 e. The summed E-state index contributed by atoms with van der Waals surface area (Å²) in [7, 11) is -3.45. The molecular formula is C13H18N4O2S. The average molecular weight is 294 g/mol. The maximum absolute atomic E-state index is 12.3. The van der Waals surface area contributed by atoms with Crippen LogP contribution in [-0.4, -0.2) is 34.4 Å². The summed E-state index contributed by atoms with van der Waals surface area (Å²) >= 11 is 0. The number of hydrogen-bond acceptors (Lipinski definition) is 5. The van der Waals surface area contributed by atoms with Gasteiger partial charge in [0, 0.05) is 0 Å². The molecule has 108 valence electrons. The van der Waals surface area contributed by atoms with E-state index in [1.807, 2.05) is 18.2 Å². The molecule has 1 aromatic heterocycles. The van der Waals surface area contributed by atoms with Crippen molar-refractivity contribution in [1.29, 1.82) is 0 Å². The van der Waals surface area contributed by atoms with Crippen LogP contribution in [0.2, 0.25) is 0 Å². The number of nitrogens with zero attached hydrogens (tertiary/aromatic N) is 4. The number of unbranched alkanes of at least 4 members (excludes halogenated alkanes) is 3. The van der Waals surface area contributed by atoms with E-state index >= 15 is 0 Å². The SMILES string of the molecule is CCCCCCS(=O)(=O)c1nnnn1-c1ccccc1. The highest BCUT2D eigenvalue weighted by Gasteiger charge is 2.23. The third-order valence-corrected chi connectivity index (χ3v) is 4.62. The van der Waals surface area contributed by atoms with Crippen LogP contribution in [0.15, 0.2) is 35.5 Å². The summed E-state index contributed by atoms with van der Waals surface area (Å²) < 4.78 is 25.8. The summed E-state index contributed by atoms with van der Waals surface area (Å²) in [6, 6.07) is 9.02. The highest BCUT2D eigenvalue weighted by Crippen LogP contribution is 2.14. The van der Waals surface area contributed by atoms with Crippen LogP contribution in [0.4, 0.5) is 0 Å². The fourth-order valence-corrected chi connectivity index (χ4v) is 3.25. The number of sulfone groups is 1. The van der Waals surface area contributed by atoms with Gasteiger partial charge in [0.15, 0.2) is 0 Å². The molecule has 1 aromatic carbocycles. The van der Waals surface area contributed by atoms with Gasteiger partial charge in [-0.1, -0.05) is 49.5 Å². The van der Waals surface area contributed by atoms with Gasteiger partial charge in [0.2, 0.25) is 9.84 Å². The molecule has 0 saturated heterocycles. The number of rotatable bonds is 7. The molecule has 0 bridgehead atoms. The number of para-hydroxylation sites is 1. The first-order chi connectivity index (χ1) is 9.65. The lowest BCUT2D eigenvalue weighted by molar-refractivity contribution is 0.574. The van der Waals surface area contributed by atoms with Crippen molar-refractivity contribution in [2.45, 2.75) is 37.8 Å². The van der Waals surface area contributed by atoms with E-state index in [0.717, 1.165) is 19.3 Å². The summed E-state index contributed by atoms with van der Waals surface area (Å²) in [4.78, 5) is 0. The van der Waals surface area contributed by atoms with Crippen molar-refractivity contribution in [1.82, 2.24) is 20.2 Å². The van der Waals surface area contributed by atoms with Gasteiger partial charge in [0.1, 0.15) is 0 Å². The molecule has 0 radical (unpaired) electrons. The Balaban J connectivity index is 2.19. The Morgan fingerprint density at radius 2 is 1.85 bits per heavy atom. The van der Waals surface area contributed by atoms with Crippen LogP contribution in [-0.2, 0) is 9.84 Å². The molecule has 20 heavy (non-hydrogen) atoms. The molecule has 0 spiro atoms. The Morgan fingerprint density at radius 3 is 2.55 bits per heavy atom. The third kappa shape index (κ3) is 3.41. The predicted octanol–water partition coefficient (Wildman–Crippen LogP) is 2.02. The van der Waals surface area contributed by atoms with Gasteiger partial charge < -0.3 is 0 Å². The number of tetrazole rings is 1. The fraction of sp³-hybridized carbons (Fsp3) is 0.462. The molecule has 6 nitrogen and oxygen atoms in total. The van der Waals surface area contributed by atoms with E-state index < -0.39 is 9.84 Å². The number of aromatic nitrogens is 4. The lowest BCUT2D eigenvalue weighted by atomic mass is 10.2. The Kier molecular flexibility index (Phi) is 4.84. The quantitative estimate of drug-likeness (QED) is 0.730. The fourth-order valence-electron chi connectivity index (χ4n) is 1.91. The third-order valence-electron chi connectivity index (χ3n) is 2.99. The van der Waals surface area contributed by atoms with Crippen LogP contribution >= 0.6 is 0 Å². The van der Waals surface area contributed by atoms with Gasteiger partial charge in [-0.05, 0) is 29.0 Å². The molecule has 0 unspecified atom stereocenters. The van der Waals surface area contributed by atoms with Crippen molar-refractivity contribution < 1.29 is 8.42 Å². The van der Waals surface area contributed by atoms with Crippen LogP contribution in [0, 0.1) is 0 Å². The van der Waals surface area contributed by atoms with Gasteiger partial charge in [0.25, 0.3) is 5.16 Å². The topological polar surface area (TPSA) is 77.7 Å². The van der Waals surface area contributed by atoms with Crippen LogP contribution in [0.1, 0.15) is 32.6 Å². The van der Waals surface area contributed by atoms with Gasteiger partial charge in [-0.2, -0.15) is 4.68 Å². The first kappa shape index (κ1) is 14.6. The molecule has 1 heterocycles. The van der Waals surface area contributed by atoms with E-state index in [2.05, 4.69) is 22.4 Å². The van der Waals surface area contributed by atoms with Crippen LogP contribution in [0.3, 0.4) is 0 Å². The van der Waals surface area contributed by atoms with E-state index in [0.29, 0.717) is 12.1 Å². The molecule has 0 fully saturated rings. The summed E-state index contributed by atoms with van der Waals surface area (Å²) in [5.74, 6) is 0.0835. The summed E-state index contributed by atoms with van der Waals surface area (Å²) in [5, 5.41) is 10.9. The summed E-state index contributed by atoms with van der Waals surface area (Å²) in [5.41, 5.74) is 0.643. The molecule has 0 aliphatic heterocycles. The average Bonchev–Trinajstić information content (AvgIpc) is 2.95. The molecule has 2 aromatic rings. The Labute approximate surface area is 118 Å². The van der Waals surface area contributed by atoms with Gasteiger partial charge in [-0.3, -0.25) is 0 Å². The zero-order valence-electron chi connectivity index (χ0n) is 11.4. The molecule has 0 saturated carbocycles. The smallest absolute Gasteiger partial charge is 0.220 e. The minimum absolute atomic E-state index is 0.0831. The lowest BCUT2D eigenvalue weighted by Gasteiger charge is -2.05. The molecule has 2 rings (SSSR count). The van der Waals surface area contributed by atoms with Crippen molar-refractivity contribution in [3.8, 4) is 5.69 Å². The number of benzene rings is 1. The lowest BCUT2D eigenvalue weighted by Crippen LogP contribution is -2.14. The predicted molar refractivity (Wildman–Crippen MR) is 75.3 cm³/mol. The van der Waals surface area contributed by atoms with Gasteiger partial charge in [-0.25, -0.2) is 8.42 Å². The molecule has 0 amide bonds. The van der Waals surface area contributed by atoms with Crippen molar-refractivity contribution in [3.05, 3.63) is 30.3 Å². The van der Waals surface area contributed by atoms with Crippen molar-refractivity contribution in [2.24, 2.45) is 0 Å². The highest BCUT2D eigenvalue weighted by atomic mass is 32.2. The monoisotopic (exact) mass is 294 g/mol. The first-order valence-corrected chi connectivity index (χ1v) is 8.37. The van der Waals surface area contributed by atoms with Gasteiger partial charge >= 0.3 is 0 Å². The normalized spacial score (nSPS) is 11.7. The van der Waals surface area contributed by atoms with Gasteiger partial charge in [0.05, 0.1) is 11.4 Å². The minimum Gasteiger partial charge on any atom is -0.220 e. The van der Waals surface area contributed by atoms with E-state index in [1.54, 1.807) is 12.1 Å². The van der Waals surface area contributed by atoms with Crippen molar-refractivity contribution in [3.63, 3.8) is 0 Å². The van der Waals surface area contributed by atoms with Crippen molar-refractivity contribution >= 4 is 9.84 Å². The first-order valence-electron chi connectivity index (χ1n) is 6.71. The Morgan fingerprint density at radius 1 is 1.10 bits per heavy atom. The molecule has 0 aliphatic carbocycles. The van der Waals surface area contributed by atoms with Crippen molar-refractivity contribution in [2.75, 3.05) is 5.75 Å². The second-order valence-corrected chi connectivity index (χ2v) is 6.59. The zero-order valence-corrected chi connectivity index (χ0v) is 12.3. The zero-order chi connectivity index (χ0) is 14.4. The molecule has 0 aliphatic rings. The molecule has 7 heteroatoms. The molecule has 0 atom stereocenters. The maximum atomic E-state index is 12.3. The second kappa shape index (κ2) is 6.60. The van der Waals surface area contributed by atoms with E-state index in [-0.39, 0.29) is 10.9 Å². The maximum Gasteiger partial charge on any atom is 0.272 e. The van der Waals surface area contributed by atoms with Crippen LogP contribution < -0.4 is 0 Å². The van der Waals surface area contributed by atoms with E-state index in [1.165, 1.54) is 4.68 Å². The minimum atomic E-state index is -3.45. The molecule has 0 N–H and O–H groups in total. The highest BCUT2D eigenvalue weighted by molar-refractivity contribution is 7.91. The van der Waals surface area contributed by atoms with Crippen LogP contribution in [0.25, 0.3) is 5.69 Å².